The second kappa shape index (κ2) is 12.0. The van der Waals surface area contributed by atoms with Gasteiger partial charge in [-0.05, 0) is 23.6 Å². The average Bonchev–Trinajstić information content (AvgIpc) is 2.68. The van der Waals surface area contributed by atoms with E-state index in [1.807, 2.05) is 12.1 Å². The highest BCUT2D eigenvalue weighted by Crippen LogP contribution is 2.38. The number of halogens is 2. The molecule has 0 aliphatic carbocycles. The molecule has 0 saturated carbocycles. The molecule has 2 aliphatic heterocycles. The van der Waals surface area contributed by atoms with Crippen LogP contribution in [-0.4, -0.2) is 70.0 Å². The Hall–Kier alpha value is -0.970. The Morgan fingerprint density at radius 2 is 2.03 bits per heavy atom. The molecule has 0 bridgehead atoms. The molecule has 164 valence electrons. The van der Waals surface area contributed by atoms with Crippen molar-refractivity contribution in [3.8, 4) is 11.5 Å². The molecule has 29 heavy (non-hydrogen) atoms. The van der Waals surface area contributed by atoms with E-state index < -0.39 is 0 Å². The first-order valence-corrected chi connectivity index (χ1v) is 10.3. The molecule has 1 aromatic carbocycles. The van der Waals surface area contributed by atoms with Gasteiger partial charge in [-0.3, -0.25) is 9.89 Å². The lowest BCUT2D eigenvalue weighted by atomic mass is 10.2. The first-order chi connectivity index (χ1) is 13.5. The Morgan fingerprint density at radius 3 is 2.79 bits per heavy atom. The van der Waals surface area contributed by atoms with Gasteiger partial charge >= 0.3 is 0 Å². The van der Waals surface area contributed by atoms with E-state index in [0.717, 1.165) is 44.3 Å². The third-order valence-corrected chi connectivity index (χ3v) is 4.96. The van der Waals surface area contributed by atoms with Gasteiger partial charge in [-0.25, -0.2) is 0 Å². The average molecular weight is 539 g/mol. The van der Waals surface area contributed by atoms with Crippen LogP contribution in [0.25, 0.3) is 0 Å². The monoisotopic (exact) mass is 538 g/mol. The summed E-state index contributed by atoms with van der Waals surface area (Å²) >= 11 is 6.31. The Balaban J connectivity index is 0.00000300. The summed E-state index contributed by atoms with van der Waals surface area (Å²) in [5, 5.41) is 7.24. The summed E-state index contributed by atoms with van der Waals surface area (Å²) in [5.41, 5.74) is 1.01. The number of hydrogen-bond donors (Lipinski definition) is 2. The van der Waals surface area contributed by atoms with Crippen LogP contribution >= 0.6 is 35.6 Å². The Labute approximate surface area is 195 Å². The maximum Gasteiger partial charge on any atom is 0.191 e. The van der Waals surface area contributed by atoms with E-state index in [1.165, 1.54) is 0 Å². The van der Waals surface area contributed by atoms with Crippen molar-refractivity contribution in [1.82, 2.24) is 15.5 Å². The van der Waals surface area contributed by atoms with Gasteiger partial charge in [-0.1, -0.05) is 25.4 Å². The van der Waals surface area contributed by atoms with Crippen LogP contribution in [0.15, 0.2) is 17.1 Å². The molecule has 1 aromatic rings. The topological polar surface area (TPSA) is 67.4 Å². The second-order valence-corrected chi connectivity index (χ2v) is 7.96. The van der Waals surface area contributed by atoms with E-state index in [2.05, 4.69) is 34.4 Å². The summed E-state index contributed by atoms with van der Waals surface area (Å²) in [6.45, 7) is 10.7. The highest BCUT2D eigenvalue weighted by atomic mass is 127. The smallest absolute Gasteiger partial charge is 0.191 e. The van der Waals surface area contributed by atoms with E-state index in [4.69, 9.17) is 25.8 Å². The van der Waals surface area contributed by atoms with Crippen molar-refractivity contribution < 1.29 is 14.2 Å². The molecular formula is C20H32ClIN4O3. The lowest BCUT2D eigenvalue weighted by Gasteiger charge is -2.34. The second-order valence-electron chi connectivity index (χ2n) is 7.55. The van der Waals surface area contributed by atoms with Crippen LogP contribution in [0.4, 0.5) is 0 Å². The van der Waals surface area contributed by atoms with E-state index >= 15 is 0 Å². The normalized spacial score (nSPS) is 19.6. The largest absolute Gasteiger partial charge is 0.486 e. The third-order valence-electron chi connectivity index (χ3n) is 4.68. The zero-order valence-corrected chi connectivity index (χ0v) is 20.5. The summed E-state index contributed by atoms with van der Waals surface area (Å²) in [6.07, 6.45) is 0.162. The highest BCUT2D eigenvalue weighted by Gasteiger charge is 2.21. The molecule has 1 unspecified atom stereocenters. The number of ether oxygens (including phenoxy) is 3. The molecule has 1 saturated heterocycles. The maximum absolute atomic E-state index is 6.31. The van der Waals surface area contributed by atoms with Crippen LogP contribution in [0.2, 0.25) is 5.02 Å². The predicted octanol–water partition coefficient (Wildman–Crippen LogP) is 2.75. The van der Waals surface area contributed by atoms with Gasteiger partial charge in [-0.15, -0.1) is 24.0 Å². The molecule has 7 nitrogen and oxygen atoms in total. The third kappa shape index (κ3) is 7.34. The van der Waals surface area contributed by atoms with Gasteiger partial charge in [0, 0.05) is 39.8 Å². The molecule has 9 heteroatoms. The summed E-state index contributed by atoms with van der Waals surface area (Å²) in [4.78, 5) is 6.77. The van der Waals surface area contributed by atoms with Crippen molar-refractivity contribution in [1.29, 1.82) is 0 Å². The fourth-order valence-electron chi connectivity index (χ4n) is 3.47. The summed E-state index contributed by atoms with van der Waals surface area (Å²) in [5.74, 6) is 2.72. The van der Waals surface area contributed by atoms with E-state index in [0.29, 0.717) is 42.2 Å². The minimum Gasteiger partial charge on any atom is -0.486 e. The maximum atomic E-state index is 6.31. The lowest BCUT2D eigenvalue weighted by Crippen LogP contribution is -2.50. The first-order valence-electron chi connectivity index (χ1n) is 9.91. The van der Waals surface area contributed by atoms with Gasteiger partial charge in [0.1, 0.15) is 13.2 Å². The molecule has 1 atom stereocenters. The molecule has 2 aliphatic rings. The van der Waals surface area contributed by atoms with Crippen molar-refractivity contribution in [2.45, 2.75) is 26.5 Å². The molecular weight excluding hydrogens is 507 g/mol. The summed E-state index contributed by atoms with van der Waals surface area (Å²) < 4.78 is 17.1. The van der Waals surface area contributed by atoms with Crippen LogP contribution in [0, 0.1) is 5.92 Å². The van der Waals surface area contributed by atoms with Crippen molar-refractivity contribution in [3.63, 3.8) is 0 Å². The van der Waals surface area contributed by atoms with E-state index in [9.17, 15) is 0 Å². The number of guanidine groups is 1. The molecule has 2 N–H and O–H groups in total. The Morgan fingerprint density at radius 1 is 1.24 bits per heavy atom. The molecule has 3 rings (SSSR count). The molecule has 0 radical (unpaired) electrons. The fraction of sp³-hybridized carbons (Fsp3) is 0.650. The number of nitrogens with zero attached hydrogens (tertiary/aromatic N) is 2. The number of fused-ring (bicyclic) bond motifs is 1. The standard InChI is InChI=1S/C20H31ClN4O3.HI/c1-14(2)12-25-4-5-26-16(13-25)11-24-20(22-3)23-10-15-8-17(21)19-18(9-15)27-6-7-28-19;/h8-9,14,16H,4-7,10-13H2,1-3H3,(H2,22,23,24);1H. The Bertz CT molecular complexity index is 690. The Kier molecular flexibility index (Phi) is 10.1. The van der Waals surface area contributed by atoms with Crippen molar-refractivity contribution in [3.05, 3.63) is 22.7 Å². The van der Waals surface area contributed by atoms with Crippen molar-refractivity contribution in [2.24, 2.45) is 10.9 Å². The van der Waals surface area contributed by atoms with Crippen molar-refractivity contribution in [2.75, 3.05) is 53.0 Å². The zero-order chi connectivity index (χ0) is 19.9. The fourth-order valence-corrected chi connectivity index (χ4v) is 3.76. The number of benzene rings is 1. The molecule has 2 heterocycles. The van der Waals surface area contributed by atoms with E-state index in [1.54, 1.807) is 7.05 Å². The van der Waals surface area contributed by atoms with Gasteiger partial charge < -0.3 is 24.8 Å². The molecule has 1 fully saturated rings. The molecule has 0 aromatic heterocycles. The first kappa shape index (κ1) is 24.3. The van der Waals surface area contributed by atoms with Crippen LogP contribution in [0.5, 0.6) is 11.5 Å². The van der Waals surface area contributed by atoms with E-state index in [-0.39, 0.29) is 30.1 Å². The SMILES string of the molecule is CN=C(NCc1cc(Cl)c2c(c1)OCCO2)NCC1CN(CC(C)C)CCO1.I. The lowest BCUT2D eigenvalue weighted by molar-refractivity contribution is -0.0284. The van der Waals surface area contributed by atoms with Gasteiger partial charge in [0.05, 0.1) is 17.7 Å². The number of aliphatic imine (C=N–C) groups is 1. The van der Waals surface area contributed by atoms with Crippen LogP contribution in [0.1, 0.15) is 19.4 Å². The van der Waals surface area contributed by atoms with Gasteiger partial charge in [-0.2, -0.15) is 0 Å². The van der Waals surface area contributed by atoms with Gasteiger partial charge in [0.25, 0.3) is 0 Å². The quantitative estimate of drug-likeness (QED) is 0.330. The molecule has 0 amide bonds. The van der Waals surface area contributed by atoms with Crippen LogP contribution < -0.4 is 20.1 Å². The summed E-state index contributed by atoms with van der Waals surface area (Å²) in [7, 11) is 1.76. The zero-order valence-electron chi connectivity index (χ0n) is 17.4. The number of nitrogens with one attached hydrogen (secondary N) is 2. The minimum absolute atomic E-state index is 0. The van der Waals surface area contributed by atoms with Crippen LogP contribution in [0.3, 0.4) is 0 Å². The van der Waals surface area contributed by atoms with Gasteiger partial charge in [0.2, 0.25) is 0 Å². The summed E-state index contributed by atoms with van der Waals surface area (Å²) in [6, 6.07) is 3.85. The highest BCUT2D eigenvalue weighted by molar-refractivity contribution is 14.0. The van der Waals surface area contributed by atoms with Crippen molar-refractivity contribution >= 4 is 41.5 Å². The van der Waals surface area contributed by atoms with Gasteiger partial charge in [0.15, 0.2) is 17.5 Å². The number of morpholine rings is 1. The number of hydrogen-bond acceptors (Lipinski definition) is 5. The predicted molar refractivity (Wildman–Crippen MR) is 127 cm³/mol. The number of rotatable bonds is 6. The minimum atomic E-state index is 0. The van der Waals surface area contributed by atoms with Crippen LogP contribution in [-0.2, 0) is 11.3 Å². The molecule has 0 spiro atoms.